The number of benzene rings is 2. The number of imidazole rings is 1. The second kappa shape index (κ2) is 7.90. The average molecular weight is 443 g/mol. The van der Waals surface area contributed by atoms with Gasteiger partial charge in [0.15, 0.2) is 0 Å². The van der Waals surface area contributed by atoms with E-state index in [4.69, 9.17) is 0 Å². The van der Waals surface area contributed by atoms with Crippen molar-refractivity contribution in [2.24, 2.45) is 0 Å². The lowest BCUT2D eigenvalue weighted by Crippen LogP contribution is -2.23. The molecular formula is C24H18N4O3S. The van der Waals surface area contributed by atoms with Crippen molar-refractivity contribution in [1.82, 2.24) is 19.7 Å². The Labute approximate surface area is 184 Å². The lowest BCUT2D eigenvalue weighted by molar-refractivity contribution is 0.0950. The zero-order chi connectivity index (χ0) is 22.1. The minimum absolute atomic E-state index is 0.173. The summed E-state index contributed by atoms with van der Waals surface area (Å²) in [6.07, 6.45) is 6.74. The van der Waals surface area contributed by atoms with Crippen molar-refractivity contribution in [3.63, 3.8) is 0 Å². The molecule has 2 aromatic carbocycles. The number of hydrogen-bond donors (Lipinski definition) is 1. The maximum absolute atomic E-state index is 13.2. The number of fused-ring (bicyclic) bond motifs is 2. The lowest BCUT2D eigenvalue weighted by Gasteiger charge is -2.09. The first-order valence-electron chi connectivity index (χ1n) is 9.91. The third-order valence-electron chi connectivity index (χ3n) is 5.22. The number of amides is 1. The number of hydrogen-bond acceptors (Lipinski definition) is 5. The van der Waals surface area contributed by atoms with E-state index < -0.39 is 9.84 Å². The molecule has 32 heavy (non-hydrogen) atoms. The predicted molar refractivity (Wildman–Crippen MR) is 120 cm³/mol. The van der Waals surface area contributed by atoms with E-state index in [9.17, 15) is 13.2 Å². The molecule has 8 heteroatoms. The number of nitrogens with one attached hydrogen (secondary N) is 1. The van der Waals surface area contributed by atoms with Gasteiger partial charge in [0, 0.05) is 36.7 Å². The molecule has 0 saturated carbocycles. The number of carbonyl (C=O) groups excluding carboxylic acids is 1. The van der Waals surface area contributed by atoms with Crippen LogP contribution in [0.4, 0.5) is 0 Å². The summed E-state index contributed by atoms with van der Waals surface area (Å²) in [6.45, 7) is 0.275. The van der Waals surface area contributed by atoms with Crippen LogP contribution in [0.25, 0.3) is 16.6 Å². The van der Waals surface area contributed by atoms with Crippen molar-refractivity contribution < 1.29 is 13.2 Å². The lowest BCUT2D eigenvalue weighted by atomic mass is 10.2. The Hall–Kier alpha value is -4.04. The summed E-state index contributed by atoms with van der Waals surface area (Å²) < 4.78 is 28.1. The Bertz CT molecular complexity index is 1550. The molecule has 0 aliphatic carbocycles. The van der Waals surface area contributed by atoms with Crippen molar-refractivity contribution in [1.29, 1.82) is 0 Å². The fraction of sp³-hybridized carbons (Fsp3) is 0.0417. The highest BCUT2D eigenvalue weighted by Crippen LogP contribution is 2.27. The Morgan fingerprint density at radius 1 is 0.906 bits per heavy atom. The van der Waals surface area contributed by atoms with E-state index in [-0.39, 0.29) is 22.2 Å². The van der Waals surface area contributed by atoms with E-state index in [1.54, 1.807) is 83.8 Å². The molecule has 0 saturated heterocycles. The van der Waals surface area contributed by atoms with Gasteiger partial charge in [0.2, 0.25) is 9.84 Å². The molecule has 5 rings (SSSR count). The van der Waals surface area contributed by atoms with Crippen LogP contribution < -0.4 is 5.32 Å². The van der Waals surface area contributed by atoms with Gasteiger partial charge in [0.25, 0.3) is 5.91 Å². The monoisotopic (exact) mass is 442 g/mol. The molecule has 0 spiro atoms. The highest BCUT2D eigenvalue weighted by molar-refractivity contribution is 7.91. The topological polar surface area (TPSA) is 93.4 Å². The third kappa shape index (κ3) is 3.61. The van der Waals surface area contributed by atoms with E-state index in [2.05, 4.69) is 15.3 Å². The van der Waals surface area contributed by atoms with Crippen LogP contribution in [0.5, 0.6) is 0 Å². The molecule has 0 aliphatic rings. The van der Waals surface area contributed by atoms with Crippen LogP contribution in [0.15, 0.2) is 101 Å². The quantitative estimate of drug-likeness (QED) is 0.449. The molecule has 5 aromatic rings. The average Bonchev–Trinajstić information content (AvgIpc) is 3.30. The summed E-state index contributed by atoms with van der Waals surface area (Å²) in [5, 5.41) is 3.62. The van der Waals surface area contributed by atoms with Crippen molar-refractivity contribution in [2.45, 2.75) is 16.3 Å². The molecule has 0 radical (unpaired) electrons. The Balaban J connectivity index is 1.34. The number of carbonyl (C=O) groups is 1. The van der Waals surface area contributed by atoms with Crippen molar-refractivity contribution in [3.05, 3.63) is 103 Å². The Kier molecular flexibility index (Phi) is 4.91. The number of pyridine rings is 2. The molecule has 0 unspecified atom stereocenters. The van der Waals surface area contributed by atoms with Gasteiger partial charge in [0.05, 0.1) is 20.9 Å². The number of nitrogens with zero attached hydrogens (tertiary/aromatic N) is 3. The predicted octanol–water partition coefficient (Wildman–Crippen LogP) is 3.65. The summed E-state index contributed by atoms with van der Waals surface area (Å²) in [4.78, 5) is 21.2. The number of sulfone groups is 1. The van der Waals surface area contributed by atoms with Crippen LogP contribution in [0.3, 0.4) is 0 Å². The van der Waals surface area contributed by atoms with Crippen LogP contribution in [0.1, 0.15) is 15.9 Å². The summed E-state index contributed by atoms with van der Waals surface area (Å²) in [5.74, 6) is -0.223. The fourth-order valence-electron chi connectivity index (χ4n) is 3.55. The molecule has 0 atom stereocenters. The highest BCUT2D eigenvalue weighted by atomic mass is 32.2. The first kappa shape index (κ1) is 19.9. The zero-order valence-electron chi connectivity index (χ0n) is 16.8. The Morgan fingerprint density at radius 3 is 2.56 bits per heavy atom. The minimum atomic E-state index is -3.73. The van der Waals surface area contributed by atoms with Crippen LogP contribution >= 0.6 is 0 Å². The number of para-hydroxylation sites is 1. The molecular weight excluding hydrogens is 424 g/mol. The maximum Gasteiger partial charge on any atom is 0.253 e. The fourth-order valence-corrected chi connectivity index (χ4v) is 4.98. The van der Waals surface area contributed by atoms with Crippen LogP contribution in [0.2, 0.25) is 0 Å². The molecule has 0 fully saturated rings. The number of aromatic nitrogens is 3. The van der Waals surface area contributed by atoms with Gasteiger partial charge in [-0.05, 0) is 42.0 Å². The van der Waals surface area contributed by atoms with Crippen LogP contribution in [-0.2, 0) is 16.4 Å². The molecule has 0 aliphatic heterocycles. The SMILES string of the molecule is O=C(NCc1ccc(S(=O)(=O)c2cccc3cccnc23)cc1)c1ccc2nccn2c1. The molecule has 158 valence electrons. The molecule has 3 heterocycles. The van der Waals surface area contributed by atoms with Crippen LogP contribution in [-0.4, -0.2) is 28.7 Å². The summed E-state index contributed by atoms with van der Waals surface area (Å²) in [6, 6.07) is 18.7. The molecule has 3 aromatic heterocycles. The highest BCUT2D eigenvalue weighted by Gasteiger charge is 2.21. The van der Waals surface area contributed by atoms with Crippen molar-refractivity contribution in [2.75, 3.05) is 0 Å². The molecule has 1 N–H and O–H groups in total. The number of rotatable bonds is 5. The van der Waals surface area contributed by atoms with Gasteiger partial charge in [-0.2, -0.15) is 0 Å². The van der Waals surface area contributed by atoms with E-state index in [0.717, 1.165) is 16.6 Å². The standard InChI is InChI=1S/C24H18N4O3S/c29-24(19-8-11-22-25-13-14-28(22)16-19)27-15-17-6-9-20(10-7-17)32(30,31)21-5-1-3-18-4-2-12-26-23(18)21/h1-14,16H,15H2,(H,27,29). The minimum Gasteiger partial charge on any atom is -0.348 e. The summed E-state index contributed by atoms with van der Waals surface area (Å²) in [5.41, 5.74) is 2.51. The van der Waals surface area contributed by atoms with Gasteiger partial charge >= 0.3 is 0 Å². The van der Waals surface area contributed by atoms with Gasteiger partial charge in [0.1, 0.15) is 5.65 Å². The molecule has 1 amide bonds. The van der Waals surface area contributed by atoms with Gasteiger partial charge in [-0.3, -0.25) is 9.78 Å². The largest absolute Gasteiger partial charge is 0.348 e. The second-order valence-electron chi connectivity index (χ2n) is 7.27. The summed E-state index contributed by atoms with van der Waals surface area (Å²) in [7, 11) is -3.73. The smallest absolute Gasteiger partial charge is 0.253 e. The molecule has 0 bridgehead atoms. The molecule has 7 nitrogen and oxygen atoms in total. The third-order valence-corrected chi connectivity index (χ3v) is 7.02. The normalized spacial score (nSPS) is 11.6. The van der Waals surface area contributed by atoms with E-state index in [0.29, 0.717) is 11.1 Å². The maximum atomic E-state index is 13.2. The first-order valence-corrected chi connectivity index (χ1v) is 11.4. The van der Waals surface area contributed by atoms with Gasteiger partial charge in [-0.25, -0.2) is 13.4 Å². The van der Waals surface area contributed by atoms with E-state index in [1.165, 1.54) is 0 Å². The van der Waals surface area contributed by atoms with Crippen molar-refractivity contribution >= 4 is 32.3 Å². The van der Waals surface area contributed by atoms with Gasteiger partial charge < -0.3 is 9.72 Å². The first-order chi connectivity index (χ1) is 15.5. The van der Waals surface area contributed by atoms with Gasteiger partial charge in [-0.15, -0.1) is 0 Å². The van der Waals surface area contributed by atoms with Crippen LogP contribution in [0, 0.1) is 0 Å². The zero-order valence-corrected chi connectivity index (χ0v) is 17.7. The van der Waals surface area contributed by atoms with E-state index in [1.807, 2.05) is 12.1 Å². The van der Waals surface area contributed by atoms with E-state index >= 15 is 0 Å². The second-order valence-corrected chi connectivity index (χ2v) is 9.19. The van der Waals surface area contributed by atoms with Crippen molar-refractivity contribution in [3.8, 4) is 0 Å². The Morgan fingerprint density at radius 2 is 1.72 bits per heavy atom. The van der Waals surface area contributed by atoms with Gasteiger partial charge in [-0.1, -0.05) is 30.3 Å². The summed E-state index contributed by atoms with van der Waals surface area (Å²) >= 11 is 0.